The molecule has 0 radical (unpaired) electrons. The molecule has 1 atom stereocenters. The van der Waals surface area contributed by atoms with Crippen molar-refractivity contribution in [3.63, 3.8) is 0 Å². The van der Waals surface area contributed by atoms with Crippen molar-refractivity contribution in [1.29, 1.82) is 0 Å². The summed E-state index contributed by atoms with van der Waals surface area (Å²) in [5.74, 6) is -0.594. The quantitative estimate of drug-likeness (QED) is 0.271. The number of amides is 1. The minimum absolute atomic E-state index is 0.145. The molecular weight excluding hydrogens is 447 g/mol. The number of benzene rings is 2. The normalized spacial score (nSPS) is 12.3. The zero-order valence-electron chi connectivity index (χ0n) is 12.7. The summed E-state index contributed by atoms with van der Waals surface area (Å²) in [6.45, 7) is 0. The number of alkyl halides is 3. The summed E-state index contributed by atoms with van der Waals surface area (Å²) < 4.78 is -1.90. The van der Waals surface area contributed by atoms with Crippen molar-refractivity contribution in [2.75, 3.05) is 5.32 Å². The van der Waals surface area contributed by atoms with E-state index >= 15 is 0 Å². The summed E-state index contributed by atoms with van der Waals surface area (Å²) in [5, 5.41) is 16.6. The van der Waals surface area contributed by atoms with Gasteiger partial charge in [-0.3, -0.25) is 14.9 Å². The number of carbonyl (C=O) groups is 1. The molecule has 138 valence electrons. The van der Waals surface area contributed by atoms with Gasteiger partial charge in [-0.1, -0.05) is 58.0 Å². The summed E-state index contributed by atoms with van der Waals surface area (Å²) in [6.07, 6.45) is -1.12. The molecule has 6 nitrogen and oxygen atoms in total. The molecule has 2 aromatic carbocycles. The molecule has 2 aromatic rings. The maximum absolute atomic E-state index is 12.4. The van der Waals surface area contributed by atoms with Gasteiger partial charge in [0.2, 0.25) is 3.79 Å². The maximum Gasteiger partial charge on any atom is 0.269 e. The predicted octanol–water partition coefficient (Wildman–Crippen LogP) is 5.44. The highest BCUT2D eigenvalue weighted by atomic mass is 35.6. The lowest BCUT2D eigenvalue weighted by Gasteiger charge is -2.27. The third kappa shape index (κ3) is 5.53. The summed E-state index contributed by atoms with van der Waals surface area (Å²) in [4.78, 5) is 22.4. The van der Waals surface area contributed by atoms with Crippen LogP contribution in [0.1, 0.15) is 10.4 Å². The van der Waals surface area contributed by atoms with E-state index < -0.39 is 20.8 Å². The molecule has 0 heterocycles. The molecule has 26 heavy (non-hydrogen) atoms. The lowest BCUT2D eigenvalue weighted by atomic mass is 10.2. The van der Waals surface area contributed by atoms with Crippen molar-refractivity contribution in [3.05, 3.63) is 68.2 Å². The monoisotopic (exact) mass is 455 g/mol. The Bertz CT molecular complexity index is 824. The number of nitrogens with one attached hydrogen (secondary N) is 2. The first-order valence-electron chi connectivity index (χ1n) is 6.91. The first-order valence-corrected chi connectivity index (χ1v) is 8.80. The summed E-state index contributed by atoms with van der Waals surface area (Å²) >= 11 is 29.6. The second-order valence-electron chi connectivity index (χ2n) is 5.03. The molecule has 0 spiro atoms. The van der Waals surface area contributed by atoms with E-state index in [1.807, 2.05) is 0 Å². The highest BCUT2D eigenvalue weighted by Crippen LogP contribution is 2.32. The first-order chi connectivity index (χ1) is 12.1. The number of carbonyl (C=O) groups excluding carboxylic acids is 1. The largest absolute Gasteiger partial charge is 0.362 e. The van der Waals surface area contributed by atoms with Crippen molar-refractivity contribution in [3.8, 4) is 0 Å². The number of rotatable bonds is 5. The molecule has 1 unspecified atom stereocenters. The Morgan fingerprint density at radius 2 is 1.65 bits per heavy atom. The van der Waals surface area contributed by atoms with Gasteiger partial charge in [0.15, 0.2) is 0 Å². The molecule has 0 aliphatic rings. The van der Waals surface area contributed by atoms with Crippen LogP contribution in [0.2, 0.25) is 10.0 Å². The van der Waals surface area contributed by atoms with Crippen LogP contribution in [0.5, 0.6) is 0 Å². The molecule has 0 aliphatic carbocycles. The van der Waals surface area contributed by atoms with Gasteiger partial charge < -0.3 is 10.6 Å². The Morgan fingerprint density at radius 3 is 2.15 bits per heavy atom. The van der Waals surface area contributed by atoms with E-state index in [0.29, 0.717) is 10.7 Å². The van der Waals surface area contributed by atoms with Gasteiger partial charge in [-0.2, -0.15) is 0 Å². The minimum Gasteiger partial charge on any atom is -0.362 e. The highest BCUT2D eigenvalue weighted by molar-refractivity contribution is 6.68. The van der Waals surface area contributed by atoms with Crippen LogP contribution < -0.4 is 10.6 Å². The van der Waals surface area contributed by atoms with Crippen LogP contribution in [-0.4, -0.2) is 20.8 Å². The highest BCUT2D eigenvalue weighted by Gasteiger charge is 2.34. The van der Waals surface area contributed by atoms with Gasteiger partial charge in [-0.25, -0.2) is 0 Å². The van der Waals surface area contributed by atoms with Crippen molar-refractivity contribution >= 4 is 75.3 Å². The molecule has 0 fully saturated rings. The number of nitro groups is 1. The molecule has 2 N–H and O–H groups in total. The molecule has 0 bridgehead atoms. The number of nitro benzene ring substituents is 1. The fourth-order valence-corrected chi connectivity index (χ4v) is 2.53. The summed E-state index contributed by atoms with van der Waals surface area (Å²) in [7, 11) is 0. The lowest BCUT2D eigenvalue weighted by Crippen LogP contribution is -2.49. The Morgan fingerprint density at radius 1 is 1.04 bits per heavy atom. The van der Waals surface area contributed by atoms with E-state index in [9.17, 15) is 14.9 Å². The van der Waals surface area contributed by atoms with E-state index in [2.05, 4.69) is 10.6 Å². The topological polar surface area (TPSA) is 84.3 Å². The van der Waals surface area contributed by atoms with Gasteiger partial charge >= 0.3 is 0 Å². The average molecular weight is 458 g/mol. The van der Waals surface area contributed by atoms with Crippen LogP contribution in [0, 0.1) is 10.1 Å². The van der Waals surface area contributed by atoms with Gasteiger partial charge in [0.1, 0.15) is 6.17 Å². The number of non-ortho nitro benzene ring substituents is 1. The Kier molecular flexibility index (Phi) is 6.82. The van der Waals surface area contributed by atoms with Gasteiger partial charge in [0, 0.05) is 23.4 Å². The van der Waals surface area contributed by atoms with E-state index in [1.54, 1.807) is 12.1 Å². The smallest absolute Gasteiger partial charge is 0.269 e. The third-order valence-electron chi connectivity index (χ3n) is 3.17. The van der Waals surface area contributed by atoms with Crippen LogP contribution in [0.3, 0.4) is 0 Å². The van der Waals surface area contributed by atoms with E-state index in [0.717, 1.165) is 0 Å². The average Bonchev–Trinajstić information content (AvgIpc) is 2.56. The first kappa shape index (κ1) is 20.9. The van der Waals surface area contributed by atoms with Crippen LogP contribution in [0.25, 0.3) is 0 Å². The van der Waals surface area contributed by atoms with Gasteiger partial charge in [-0.05, 0) is 30.3 Å². The minimum atomic E-state index is -1.90. The van der Waals surface area contributed by atoms with Crippen molar-refractivity contribution in [1.82, 2.24) is 5.32 Å². The Balaban J connectivity index is 2.18. The molecule has 0 aliphatic heterocycles. The zero-order valence-corrected chi connectivity index (χ0v) is 16.5. The molecule has 0 saturated heterocycles. The maximum atomic E-state index is 12.4. The van der Waals surface area contributed by atoms with Crippen LogP contribution >= 0.6 is 58.0 Å². The van der Waals surface area contributed by atoms with Crippen LogP contribution in [0.4, 0.5) is 11.4 Å². The number of nitrogens with zero attached hydrogens (tertiary/aromatic N) is 1. The van der Waals surface area contributed by atoms with E-state index in [1.165, 1.54) is 30.3 Å². The van der Waals surface area contributed by atoms with Crippen molar-refractivity contribution in [2.24, 2.45) is 0 Å². The summed E-state index contributed by atoms with van der Waals surface area (Å²) in [5.41, 5.74) is 0.471. The third-order valence-corrected chi connectivity index (χ3v) is 4.57. The zero-order chi connectivity index (χ0) is 19.5. The molecule has 1 amide bonds. The molecule has 11 heteroatoms. The Hall–Kier alpha value is -1.44. The molecule has 2 rings (SSSR count). The van der Waals surface area contributed by atoms with Gasteiger partial charge in [0.25, 0.3) is 11.6 Å². The van der Waals surface area contributed by atoms with Gasteiger partial charge in [-0.15, -0.1) is 0 Å². The SMILES string of the molecule is O=C(NC(Nc1ccc(Cl)c(Cl)c1)C(Cl)(Cl)Cl)c1ccc([N+](=O)[O-])cc1. The van der Waals surface area contributed by atoms with Crippen molar-refractivity contribution < 1.29 is 9.72 Å². The standard InChI is InChI=1S/C15H10Cl5N3O3/c16-11-6-3-9(7-12(11)17)21-14(15(18,19)20)22-13(24)8-1-4-10(5-2-8)23(25)26/h1-7,14,21H,(H,22,24). The van der Waals surface area contributed by atoms with E-state index in [-0.39, 0.29) is 16.3 Å². The number of halogens is 5. The summed E-state index contributed by atoms with van der Waals surface area (Å²) in [6, 6.07) is 9.63. The van der Waals surface area contributed by atoms with Crippen molar-refractivity contribution in [2.45, 2.75) is 9.96 Å². The van der Waals surface area contributed by atoms with Crippen LogP contribution in [0.15, 0.2) is 42.5 Å². The number of anilines is 1. The second-order valence-corrected chi connectivity index (χ2v) is 8.21. The fraction of sp³-hybridized carbons (Fsp3) is 0.133. The fourth-order valence-electron chi connectivity index (χ4n) is 1.90. The molecular formula is C15H10Cl5N3O3. The van der Waals surface area contributed by atoms with E-state index in [4.69, 9.17) is 58.0 Å². The molecule has 0 aromatic heterocycles. The Labute approximate surface area is 173 Å². The predicted molar refractivity (Wildman–Crippen MR) is 105 cm³/mol. The van der Waals surface area contributed by atoms with Gasteiger partial charge in [0.05, 0.1) is 15.0 Å². The number of hydrogen-bond donors (Lipinski definition) is 2. The second kappa shape index (κ2) is 8.50. The lowest BCUT2D eigenvalue weighted by molar-refractivity contribution is -0.384. The molecule has 0 saturated carbocycles. The number of hydrogen-bond acceptors (Lipinski definition) is 4. The van der Waals surface area contributed by atoms with Crippen LogP contribution in [-0.2, 0) is 0 Å².